The monoisotopic (exact) mass is 241 g/mol. The van der Waals surface area contributed by atoms with E-state index in [4.69, 9.17) is 11.6 Å². The molecule has 0 fully saturated rings. The van der Waals surface area contributed by atoms with Crippen LogP contribution in [0.1, 0.15) is 5.56 Å². The van der Waals surface area contributed by atoms with Crippen LogP contribution in [0.4, 0.5) is 5.69 Å². The zero-order valence-electron chi connectivity index (χ0n) is 9.25. The highest BCUT2D eigenvalue weighted by molar-refractivity contribution is 6.30. The Bertz CT molecular complexity index is 530. The van der Waals surface area contributed by atoms with Gasteiger partial charge in [-0.3, -0.25) is 4.99 Å². The lowest BCUT2D eigenvalue weighted by molar-refractivity contribution is 1.54. The summed E-state index contributed by atoms with van der Waals surface area (Å²) in [5, 5.41) is 0.701. The Hall–Kier alpha value is -1.86. The first-order valence-corrected chi connectivity index (χ1v) is 5.74. The molecule has 2 rings (SSSR count). The molecule has 0 bridgehead atoms. The van der Waals surface area contributed by atoms with Crippen LogP contribution in [0.25, 0.3) is 6.08 Å². The van der Waals surface area contributed by atoms with E-state index in [9.17, 15) is 0 Å². The van der Waals surface area contributed by atoms with Gasteiger partial charge in [0.05, 0.1) is 5.69 Å². The van der Waals surface area contributed by atoms with Crippen molar-refractivity contribution >= 4 is 29.6 Å². The van der Waals surface area contributed by atoms with Gasteiger partial charge in [0.15, 0.2) is 0 Å². The number of hydrogen-bond donors (Lipinski definition) is 0. The Morgan fingerprint density at radius 1 is 0.941 bits per heavy atom. The van der Waals surface area contributed by atoms with Gasteiger partial charge in [-0.25, -0.2) is 0 Å². The first-order chi connectivity index (χ1) is 8.34. The lowest BCUT2D eigenvalue weighted by Crippen LogP contribution is -1.70. The van der Waals surface area contributed by atoms with Crippen LogP contribution >= 0.6 is 11.6 Å². The third kappa shape index (κ3) is 3.89. The van der Waals surface area contributed by atoms with E-state index in [0.717, 1.165) is 11.3 Å². The van der Waals surface area contributed by atoms with Gasteiger partial charge in [0.2, 0.25) is 0 Å². The van der Waals surface area contributed by atoms with E-state index in [2.05, 4.69) is 4.99 Å². The average molecular weight is 242 g/mol. The van der Waals surface area contributed by atoms with Crippen LogP contribution in [-0.2, 0) is 0 Å². The van der Waals surface area contributed by atoms with E-state index < -0.39 is 0 Å². The Balaban J connectivity index is 2.01. The highest BCUT2D eigenvalue weighted by atomic mass is 35.5. The van der Waals surface area contributed by atoms with E-state index >= 15 is 0 Å². The maximum atomic E-state index is 5.86. The molecule has 84 valence electrons. The summed E-state index contributed by atoms with van der Waals surface area (Å²) < 4.78 is 0. The first kappa shape index (κ1) is 11.6. The van der Waals surface area contributed by atoms with Gasteiger partial charge in [0, 0.05) is 11.2 Å². The van der Waals surface area contributed by atoms with Gasteiger partial charge in [-0.1, -0.05) is 54.1 Å². The summed E-state index contributed by atoms with van der Waals surface area (Å²) in [5.41, 5.74) is 2.01. The quantitative estimate of drug-likeness (QED) is 0.688. The lowest BCUT2D eigenvalue weighted by Gasteiger charge is -1.92. The minimum absolute atomic E-state index is 0.701. The zero-order valence-corrected chi connectivity index (χ0v) is 10.0. The van der Waals surface area contributed by atoms with Crippen molar-refractivity contribution in [1.82, 2.24) is 0 Å². The minimum atomic E-state index is 0.701. The number of halogens is 1. The second-order valence-electron chi connectivity index (χ2n) is 3.53. The van der Waals surface area contributed by atoms with Crippen molar-refractivity contribution in [3.63, 3.8) is 0 Å². The van der Waals surface area contributed by atoms with Gasteiger partial charge in [0.1, 0.15) is 0 Å². The molecule has 0 saturated heterocycles. The van der Waals surface area contributed by atoms with E-state index in [-0.39, 0.29) is 0 Å². The molecule has 0 unspecified atom stereocenters. The van der Waals surface area contributed by atoms with E-state index in [1.54, 1.807) is 6.21 Å². The molecule has 0 aliphatic rings. The second-order valence-corrected chi connectivity index (χ2v) is 3.96. The molecule has 2 aromatic carbocycles. The summed E-state index contributed by atoms with van der Waals surface area (Å²) in [5.74, 6) is 0. The summed E-state index contributed by atoms with van der Waals surface area (Å²) in [7, 11) is 0. The van der Waals surface area contributed by atoms with Crippen molar-refractivity contribution in [3.8, 4) is 0 Å². The number of rotatable bonds is 3. The van der Waals surface area contributed by atoms with Gasteiger partial charge in [-0.05, 0) is 29.8 Å². The maximum absolute atomic E-state index is 5.86. The molecule has 2 heteroatoms. The van der Waals surface area contributed by atoms with E-state index in [1.807, 2.05) is 66.7 Å². The van der Waals surface area contributed by atoms with Crippen molar-refractivity contribution in [2.75, 3.05) is 0 Å². The molecule has 0 aliphatic carbocycles. The molecule has 0 saturated carbocycles. The van der Waals surface area contributed by atoms with E-state index in [0.29, 0.717) is 5.02 Å². The van der Waals surface area contributed by atoms with Crippen molar-refractivity contribution < 1.29 is 0 Å². The minimum Gasteiger partial charge on any atom is -0.257 e. The molecule has 0 N–H and O–H groups in total. The molecule has 2 aromatic rings. The van der Waals surface area contributed by atoms with Crippen molar-refractivity contribution in [2.45, 2.75) is 0 Å². The van der Waals surface area contributed by atoms with Crippen LogP contribution in [0.2, 0.25) is 5.02 Å². The van der Waals surface area contributed by atoms with Crippen LogP contribution in [0.3, 0.4) is 0 Å². The first-order valence-electron chi connectivity index (χ1n) is 5.36. The smallest absolute Gasteiger partial charge is 0.0644 e. The molecule has 0 amide bonds. The van der Waals surface area contributed by atoms with E-state index in [1.165, 1.54) is 0 Å². The summed E-state index contributed by atoms with van der Waals surface area (Å²) in [6.45, 7) is 0. The Morgan fingerprint density at radius 2 is 1.76 bits per heavy atom. The maximum Gasteiger partial charge on any atom is 0.0644 e. The second kappa shape index (κ2) is 6.02. The lowest BCUT2D eigenvalue weighted by atomic mass is 10.2. The van der Waals surface area contributed by atoms with Crippen molar-refractivity contribution in [2.24, 2.45) is 4.99 Å². The summed E-state index contributed by atoms with van der Waals surface area (Å²) in [6, 6.07) is 17.6. The van der Waals surface area contributed by atoms with Crippen LogP contribution in [0.5, 0.6) is 0 Å². The molecule has 0 atom stereocenters. The number of benzene rings is 2. The fraction of sp³-hybridized carbons (Fsp3) is 0. The predicted molar refractivity (Wildman–Crippen MR) is 75.1 cm³/mol. The normalized spacial score (nSPS) is 11.4. The van der Waals surface area contributed by atoms with Gasteiger partial charge in [-0.15, -0.1) is 0 Å². The molecule has 0 heterocycles. The fourth-order valence-corrected chi connectivity index (χ4v) is 1.59. The van der Waals surface area contributed by atoms with Gasteiger partial charge < -0.3 is 0 Å². The van der Waals surface area contributed by atoms with Gasteiger partial charge in [0.25, 0.3) is 0 Å². The zero-order chi connectivity index (χ0) is 11.9. The number of aliphatic imine (C=N–C) groups is 1. The standard InChI is InChI=1S/C15H12ClN/c16-14-9-4-10-15(12-14)17-11-5-8-13-6-2-1-3-7-13/h1-12H/b8-5+,17-11+. The molecule has 17 heavy (non-hydrogen) atoms. The summed E-state index contributed by atoms with van der Waals surface area (Å²) >= 11 is 5.86. The molecule has 0 aliphatic heterocycles. The van der Waals surface area contributed by atoms with Crippen LogP contribution in [-0.4, -0.2) is 6.21 Å². The highest BCUT2D eigenvalue weighted by Gasteiger charge is 1.88. The number of nitrogens with zero attached hydrogens (tertiary/aromatic N) is 1. The molecule has 0 spiro atoms. The van der Waals surface area contributed by atoms with Crippen LogP contribution in [0.15, 0.2) is 65.7 Å². The molecular weight excluding hydrogens is 230 g/mol. The predicted octanol–water partition coefficient (Wildman–Crippen LogP) is 4.76. The Morgan fingerprint density at radius 3 is 2.53 bits per heavy atom. The Labute approximate surface area is 106 Å². The SMILES string of the molecule is Clc1cccc(/N=C/C=C/c2ccccc2)c1. The highest BCUT2D eigenvalue weighted by Crippen LogP contribution is 2.17. The Kier molecular flexibility index (Phi) is 4.11. The summed E-state index contributed by atoms with van der Waals surface area (Å²) in [4.78, 5) is 4.29. The third-order valence-electron chi connectivity index (χ3n) is 2.21. The van der Waals surface area contributed by atoms with Crippen molar-refractivity contribution in [3.05, 3.63) is 71.3 Å². The van der Waals surface area contributed by atoms with Gasteiger partial charge >= 0.3 is 0 Å². The molecule has 0 radical (unpaired) electrons. The largest absolute Gasteiger partial charge is 0.257 e. The molecular formula is C15H12ClN. The summed E-state index contributed by atoms with van der Waals surface area (Å²) in [6.07, 6.45) is 5.68. The average Bonchev–Trinajstić information content (AvgIpc) is 2.36. The van der Waals surface area contributed by atoms with Crippen LogP contribution < -0.4 is 0 Å². The van der Waals surface area contributed by atoms with Crippen LogP contribution in [0, 0.1) is 0 Å². The molecule has 0 aromatic heterocycles. The fourth-order valence-electron chi connectivity index (χ4n) is 1.40. The topological polar surface area (TPSA) is 12.4 Å². The number of allylic oxidation sites excluding steroid dienone is 1. The number of hydrogen-bond acceptors (Lipinski definition) is 1. The third-order valence-corrected chi connectivity index (χ3v) is 2.44. The van der Waals surface area contributed by atoms with Crippen molar-refractivity contribution in [1.29, 1.82) is 0 Å². The van der Waals surface area contributed by atoms with Gasteiger partial charge in [-0.2, -0.15) is 0 Å². The molecule has 1 nitrogen and oxygen atoms in total.